The summed E-state index contributed by atoms with van der Waals surface area (Å²) in [4.78, 5) is 37.4. The van der Waals surface area contributed by atoms with E-state index in [2.05, 4.69) is 13.8 Å². The predicted octanol–water partition coefficient (Wildman–Crippen LogP) is 6.50. The van der Waals surface area contributed by atoms with Crippen molar-refractivity contribution < 1.29 is 76.6 Å². The molecule has 0 N–H and O–H groups in total. The number of ether oxygens (including phenoxy) is 4. The van der Waals surface area contributed by atoms with Crippen molar-refractivity contribution in [3.8, 4) is 0 Å². The summed E-state index contributed by atoms with van der Waals surface area (Å²) in [6.45, 7) is 7.06. The van der Waals surface area contributed by atoms with Crippen molar-refractivity contribution in [2.75, 3.05) is 26.4 Å². The number of carbonyl (C=O) groups excluding carboxylic acids is 2. The third kappa shape index (κ3) is 30.2. The molecule has 1 rings (SSSR count). The van der Waals surface area contributed by atoms with Gasteiger partial charge in [0.2, 0.25) is 0 Å². The maximum Gasteiger partial charge on any atom is 1.00 e. The molecule has 2 unspecified atom stereocenters. The summed E-state index contributed by atoms with van der Waals surface area (Å²) in [7, 11) is -4.74. The fraction of sp³-hybridized carbons (Fsp3) is 0.946. The molecule has 1 aliphatic rings. The van der Waals surface area contributed by atoms with Gasteiger partial charge in [-0.15, -0.1) is 0 Å². The number of phosphoric ester groups is 1. The first-order chi connectivity index (χ1) is 23.1. The molecule has 10 nitrogen and oxygen atoms in total. The van der Waals surface area contributed by atoms with Gasteiger partial charge in [0.1, 0.15) is 12.7 Å². The van der Waals surface area contributed by atoms with Gasteiger partial charge >= 0.3 is 41.5 Å². The van der Waals surface area contributed by atoms with Gasteiger partial charge in [0.15, 0.2) is 11.9 Å². The minimum Gasteiger partial charge on any atom is -0.756 e. The summed E-state index contributed by atoms with van der Waals surface area (Å²) in [6.07, 6.45) is 24.7. The van der Waals surface area contributed by atoms with Crippen LogP contribution in [-0.2, 0) is 42.1 Å². The van der Waals surface area contributed by atoms with Gasteiger partial charge in [-0.25, -0.2) is 0 Å². The predicted molar refractivity (Wildman–Crippen MR) is 187 cm³/mol. The van der Waals surface area contributed by atoms with E-state index in [1.807, 2.05) is 0 Å². The van der Waals surface area contributed by atoms with Crippen LogP contribution >= 0.6 is 7.82 Å². The molecule has 0 bridgehead atoms. The average Bonchev–Trinajstić information content (AvgIpc) is 3.41. The van der Waals surface area contributed by atoms with Crippen LogP contribution in [0.3, 0.4) is 0 Å². The van der Waals surface area contributed by atoms with Gasteiger partial charge < -0.3 is 32.9 Å². The summed E-state index contributed by atoms with van der Waals surface area (Å²) in [5, 5.41) is 0. The van der Waals surface area contributed by atoms with Crippen molar-refractivity contribution >= 4 is 19.8 Å². The Morgan fingerprint density at radius 2 is 1.12 bits per heavy atom. The number of unbranched alkanes of at least 4 members (excludes halogenated alkanes) is 20. The second-order valence-electron chi connectivity index (χ2n) is 13.9. The quantitative estimate of drug-likeness (QED) is 0.0320. The average molecular weight is 729 g/mol. The largest absolute Gasteiger partial charge is 1.00 e. The molecule has 0 radical (unpaired) electrons. The number of carbonyl (C=O) groups is 2. The Morgan fingerprint density at radius 3 is 1.55 bits per heavy atom. The molecular weight excluding hydrogens is 658 g/mol. The molecule has 0 saturated carbocycles. The van der Waals surface area contributed by atoms with Crippen LogP contribution in [0.15, 0.2) is 0 Å². The van der Waals surface area contributed by atoms with Crippen LogP contribution in [0.25, 0.3) is 0 Å². The fourth-order valence-corrected chi connectivity index (χ4v) is 6.49. The Hall–Kier alpha value is -0.0300. The van der Waals surface area contributed by atoms with Gasteiger partial charge in [-0.2, -0.15) is 0 Å². The third-order valence-corrected chi connectivity index (χ3v) is 9.53. The Labute approximate surface area is 321 Å². The third-order valence-electron chi connectivity index (χ3n) is 8.60. The standard InChI is InChI=1S/C37H71O10P.Na/c1-5-7-9-11-13-15-17-19-21-23-25-27-35(38)42-29-33(31-44-48(40,41)45-32-34-30-43-37(3,4)47-34)46-36(39)28-26-24-22-20-18-16-14-12-10-8-6-2;/h33-34H,5-32H2,1-4H3,(H,40,41);/q;+1/p-1/t33-,34?;/m1./s1. The van der Waals surface area contributed by atoms with E-state index in [1.54, 1.807) is 13.8 Å². The van der Waals surface area contributed by atoms with E-state index < -0.39 is 44.4 Å². The maximum absolute atomic E-state index is 12.6. The monoisotopic (exact) mass is 728 g/mol. The topological polar surface area (TPSA) is 130 Å². The fourth-order valence-electron chi connectivity index (χ4n) is 5.72. The van der Waals surface area contributed by atoms with Gasteiger partial charge in [-0.05, 0) is 26.7 Å². The van der Waals surface area contributed by atoms with Crippen LogP contribution in [0.1, 0.15) is 182 Å². The van der Waals surface area contributed by atoms with Crippen molar-refractivity contribution in [2.45, 2.75) is 200 Å². The smallest absolute Gasteiger partial charge is 0.756 e. The van der Waals surface area contributed by atoms with Crippen molar-refractivity contribution in [3.05, 3.63) is 0 Å². The number of hydrogen-bond acceptors (Lipinski definition) is 10. The zero-order valence-corrected chi connectivity index (χ0v) is 34.9. The molecule has 3 atom stereocenters. The molecule has 1 heterocycles. The first kappa shape index (κ1) is 49.0. The normalized spacial score (nSPS) is 17.3. The zero-order chi connectivity index (χ0) is 35.4. The summed E-state index contributed by atoms with van der Waals surface area (Å²) in [5.41, 5.74) is 0. The van der Waals surface area contributed by atoms with Gasteiger partial charge in [-0.1, -0.05) is 142 Å². The van der Waals surface area contributed by atoms with Crippen LogP contribution in [0.2, 0.25) is 0 Å². The molecule has 0 aliphatic carbocycles. The molecule has 284 valence electrons. The summed E-state index contributed by atoms with van der Waals surface area (Å²) in [5.74, 6) is -1.69. The van der Waals surface area contributed by atoms with Crippen molar-refractivity contribution in [2.24, 2.45) is 0 Å². The Bertz CT molecular complexity index is 859. The second kappa shape index (κ2) is 31.5. The number of hydrogen-bond donors (Lipinski definition) is 0. The van der Waals surface area contributed by atoms with Crippen LogP contribution in [-0.4, -0.2) is 56.4 Å². The number of rotatable bonds is 33. The van der Waals surface area contributed by atoms with E-state index in [0.717, 1.165) is 38.5 Å². The van der Waals surface area contributed by atoms with Gasteiger partial charge in [-0.3, -0.25) is 14.2 Å². The molecule has 1 saturated heterocycles. The number of esters is 2. The molecule has 1 aliphatic heterocycles. The van der Waals surface area contributed by atoms with Crippen molar-refractivity contribution in [1.82, 2.24) is 0 Å². The molecule has 0 amide bonds. The van der Waals surface area contributed by atoms with E-state index >= 15 is 0 Å². The molecule has 1 fully saturated rings. The van der Waals surface area contributed by atoms with Gasteiger partial charge in [0, 0.05) is 12.8 Å². The summed E-state index contributed by atoms with van der Waals surface area (Å²) < 4.78 is 44.3. The van der Waals surface area contributed by atoms with Gasteiger partial charge in [0.25, 0.3) is 7.82 Å². The van der Waals surface area contributed by atoms with Crippen LogP contribution < -0.4 is 34.5 Å². The van der Waals surface area contributed by atoms with E-state index in [4.69, 9.17) is 28.0 Å². The Morgan fingerprint density at radius 1 is 0.694 bits per heavy atom. The SMILES string of the molecule is CCCCCCCCCCCCCC(=O)OC[C@H](COP(=O)([O-])OCC1COC(C)(C)O1)OC(=O)CCCCCCCCCCCCC.[Na+]. The van der Waals surface area contributed by atoms with E-state index in [9.17, 15) is 19.0 Å². The van der Waals surface area contributed by atoms with Crippen molar-refractivity contribution in [1.29, 1.82) is 0 Å². The second-order valence-corrected chi connectivity index (χ2v) is 15.3. The van der Waals surface area contributed by atoms with E-state index in [1.165, 1.54) is 96.3 Å². The molecule has 0 spiro atoms. The Balaban J connectivity index is 0.0000230. The Kier molecular flexibility index (Phi) is 31.5. The first-order valence-electron chi connectivity index (χ1n) is 19.3. The summed E-state index contributed by atoms with van der Waals surface area (Å²) >= 11 is 0. The molecule has 49 heavy (non-hydrogen) atoms. The van der Waals surface area contributed by atoms with Crippen molar-refractivity contribution in [3.63, 3.8) is 0 Å². The minimum atomic E-state index is -4.74. The first-order valence-corrected chi connectivity index (χ1v) is 20.8. The molecule has 0 aromatic carbocycles. The maximum atomic E-state index is 12.6. The van der Waals surface area contributed by atoms with E-state index in [-0.39, 0.29) is 62.2 Å². The van der Waals surface area contributed by atoms with E-state index in [0.29, 0.717) is 6.42 Å². The van der Waals surface area contributed by atoms with Crippen LogP contribution in [0.4, 0.5) is 0 Å². The minimum absolute atomic E-state index is 0. The van der Waals surface area contributed by atoms with Crippen LogP contribution in [0, 0.1) is 0 Å². The molecule has 0 aromatic rings. The van der Waals surface area contributed by atoms with Gasteiger partial charge in [0.05, 0.1) is 19.8 Å². The van der Waals surface area contributed by atoms with Crippen LogP contribution in [0.5, 0.6) is 0 Å². The molecular formula is C37H70NaO10P. The molecule has 12 heteroatoms. The zero-order valence-electron chi connectivity index (χ0n) is 32.0. The number of phosphoric acid groups is 1. The summed E-state index contributed by atoms with van der Waals surface area (Å²) in [6, 6.07) is 0. The molecule has 0 aromatic heterocycles.